The van der Waals surface area contributed by atoms with Crippen LogP contribution in [0.2, 0.25) is 0 Å². The molecule has 0 radical (unpaired) electrons. The van der Waals surface area contributed by atoms with Crippen molar-refractivity contribution in [3.05, 3.63) is 58.0 Å². The summed E-state index contributed by atoms with van der Waals surface area (Å²) in [5.74, 6) is 2.93. The minimum absolute atomic E-state index is 0.462. The van der Waals surface area contributed by atoms with Gasteiger partial charge in [0, 0.05) is 35.1 Å². The average molecular weight is 537 g/mol. The number of anilines is 1. The van der Waals surface area contributed by atoms with Crippen molar-refractivity contribution in [2.24, 2.45) is 5.92 Å². The Balaban J connectivity index is 1.28. The van der Waals surface area contributed by atoms with Crippen molar-refractivity contribution in [2.45, 2.75) is 26.3 Å². The predicted molar refractivity (Wildman–Crippen MR) is 147 cm³/mol. The number of furan rings is 1. The standard InChI is InChI=1S/C28H32N4O5S/c1-17-4-6-24(37-17)23-13-21(20-12-25(35-2)26(36-3)14-22(20)30-23)29-15-18-8-10-32(11-9-18)16-19-5-7-27(38-19)28(33)31-34/h4-7,12-14,18,34H,8-11,15-16H2,1-3H3,(H,29,30)(H,31,33). The third-order valence-electron chi connectivity index (χ3n) is 6.96. The normalized spacial score (nSPS) is 14.5. The van der Waals surface area contributed by atoms with E-state index in [1.807, 2.05) is 43.3 Å². The Morgan fingerprint density at radius 1 is 1.13 bits per heavy atom. The topological polar surface area (TPSA) is 109 Å². The molecule has 9 nitrogen and oxygen atoms in total. The van der Waals surface area contributed by atoms with Crippen LogP contribution in [0.15, 0.2) is 46.9 Å². The third kappa shape index (κ3) is 5.62. The second kappa shape index (κ2) is 11.4. The lowest BCUT2D eigenvalue weighted by molar-refractivity contribution is 0.0711. The van der Waals surface area contributed by atoms with E-state index in [1.54, 1.807) is 25.8 Å². The number of amides is 1. The molecule has 4 aromatic rings. The van der Waals surface area contributed by atoms with Crippen molar-refractivity contribution in [3.63, 3.8) is 0 Å². The zero-order chi connectivity index (χ0) is 26.6. The molecule has 1 aliphatic heterocycles. The summed E-state index contributed by atoms with van der Waals surface area (Å²) in [6, 6.07) is 13.5. The van der Waals surface area contributed by atoms with Gasteiger partial charge in [0.05, 0.1) is 24.6 Å². The molecule has 10 heteroatoms. The van der Waals surface area contributed by atoms with Crippen LogP contribution < -0.4 is 20.3 Å². The molecule has 1 aromatic carbocycles. The van der Waals surface area contributed by atoms with Crippen LogP contribution in [0.4, 0.5) is 5.69 Å². The maximum atomic E-state index is 11.6. The highest BCUT2D eigenvalue weighted by molar-refractivity contribution is 7.14. The summed E-state index contributed by atoms with van der Waals surface area (Å²) in [6.07, 6.45) is 2.15. The number of likely N-dealkylation sites (tertiary alicyclic amines) is 1. The van der Waals surface area contributed by atoms with Gasteiger partial charge < -0.3 is 19.2 Å². The lowest BCUT2D eigenvalue weighted by Gasteiger charge is -2.32. The van der Waals surface area contributed by atoms with E-state index in [4.69, 9.17) is 24.1 Å². The molecule has 1 amide bonds. The number of hydroxylamine groups is 1. The van der Waals surface area contributed by atoms with Crippen LogP contribution in [0.1, 0.15) is 33.2 Å². The number of fused-ring (bicyclic) bond motifs is 1. The molecule has 1 aliphatic rings. The fourth-order valence-corrected chi connectivity index (χ4v) is 5.80. The maximum Gasteiger partial charge on any atom is 0.284 e. The van der Waals surface area contributed by atoms with Crippen molar-refractivity contribution < 1.29 is 23.9 Å². The molecule has 1 fully saturated rings. The number of methoxy groups -OCH3 is 2. The van der Waals surface area contributed by atoms with E-state index in [1.165, 1.54) is 11.3 Å². The van der Waals surface area contributed by atoms with Crippen LogP contribution in [0.5, 0.6) is 11.5 Å². The quantitative estimate of drug-likeness (QED) is 0.195. The maximum absolute atomic E-state index is 11.6. The number of aromatic nitrogens is 1. The smallest absolute Gasteiger partial charge is 0.284 e. The molecule has 0 aliphatic carbocycles. The number of nitrogens with one attached hydrogen (secondary N) is 2. The van der Waals surface area contributed by atoms with Gasteiger partial charge in [0.15, 0.2) is 17.3 Å². The summed E-state index contributed by atoms with van der Waals surface area (Å²) in [5.41, 5.74) is 4.25. The number of carbonyl (C=O) groups excluding carboxylic acids is 1. The number of thiophene rings is 1. The van der Waals surface area contributed by atoms with Gasteiger partial charge in [0.2, 0.25) is 0 Å². The molecule has 3 N–H and O–H groups in total. The van der Waals surface area contributed by atoms with Crippen molar-refractivity contribution in [1.29, 1.82) is 0 Å². The Morgan fingerprint density at radius 2 is 1.89 bits per heavy atom. The molecule has 1 saturated heterocycles. The van der Waals surface area contributed by atoms with Crippen LogP contribution in [0.3, 0.4) is 0 Å². The van der Waals surface area contributed by atoms with E-state index in [0.29, 0.717) is 22.3 Å². The Morgan fingerprint density at radius 3 is 2.58 bits per heavy atom. The van der Waals surface area contributed by atoms with E-state index < -0.39 is 5.91 Å². The van der Waals surface area contributed by atoms with Crippen LogP contribution in [-0.2, 0) is 6.54 Å². The Kier molecular flexibility index (Phi) is 7.82. The number of rotatable bonds is 9. The molecule has 0 saturated carbocycles. The third-order valence-corrected chi connectivity index (χ3v) is 8.03. The first-order chi connectivity index (χ1) is 18.5. The molecule has 3 aromatic heterocycles. The minimum atomic E-state index is -0.462. The number of hydrogen-bond donors (Lipinski definition) is 3. The van der Waals surface area contributed by atoms with Gasteiger partial charge in [0.1, 0.15) is 11.5 Å². The highest BCUT2D eigenvalue weighted by atomic mass is 32.1. The van der Waals surface area contributed by atoms with Gasteiger partial charge >= 0.3 is 0 Å². The van der Waals surface area contributed by atoms with Crippen molar-refractivity contribution in [1.82, 2.24) is 15.4 Å². The summed E-state index contributed by atoms with van der Waals surface area (Å²) in [7, 11) is 3.26. The SMILES string of the molecule is COc1cc2nc(-c3ccc(C)o3)cc(NCC3CCN(Cc4ccc(C(=O)NO)s4)CC3)c2cc1OC. The van der Waals surface area contributed by atoms with E-state index in [-0.39, 0.29) is 0 Å². The molecule has 4 heterocycles. The Hall–Kier alpha value is -3.60. The van der Waals surface area contributed by atoms with Crippen molar-refractivity contribution in [3.8, 4) is 23.0 Å². The van der Waals surface area contributed by atoms with Gasteiger partial charge in [-0.05, 0) is 75.2 Å². The summed E-state index contributed by atoms with van der Waals surface area (Å²) in [5, 5.41) is 13.5. The second-order valence-electron chi connectivity index (χ2n) is 9.50. The number of pyridine rings is 1. The largest absolute Gasteiger partial charge is 0.493 e. The lowest BCUT2D eigenvalue weighted by Crippen LogP contribution is -2.35. The molecule has 0 unspecified atom stereocenters. The highest BCUT2D eigenvalue weighted by Gasteiger charge is 2.21. The van der Waals surface area contributed by atoms with E-state index in [2.05, 4.69) is 10.2 Å². The summed E-state index contributed by atoms with van der Waals surface area (Å²) >= 11 is 1.42. The average Bonchev–Trinajstić information content (AvgIpc) is 3.60. The van der Waals surface area contributed by atoms with Crippen LogP contribution in [-0.4, -0.2) is 54.9 Å². The van der Waals surface area contributed by atoms with E-state index in [9.17, 15) is 4.79 Å². The monoisotopic (exact) mass is 536 g/mol. The molecule has 0 spiro atoms. The zero-order valence-electron chi connectivity index (χ0n) is 21.7. The number of benzene rings is 1. The van der Waals surface area contributed by atoms with Gasteiger partial charge in [-0.2, -0.15) is 0 Å². The highest BCUT2D eigenvalue weighted by Crippen LogP contribution is 2.37. The first-order valence-electron chi connectivity index (χ1n) is 12.6. The fraction of sp³-hybridized carbons (Fsp3) is 0.357. The second-order valence-corrected chi connectivity index (χ2v) is 10.7. The fourth-order valence-electron chi connectivity index (χ4n) is 4.86. The van der Waals surface area contributed by atoms with Gasteiger partial charge in [-0.1, -0.05) is 0 Å². The molecule has 38 heavy (non-hydrogen) atoms. The Bertz CT molecular complexity index is 1420. The molecule has 0 atom stereocenters. The number of carbonyl (C=O) groups is 1. The number of ether oxygens (including phenoxy) is 2. The van der Waals surface area contributed by atoms with Gasteiger partial charge in [-0.25, -0.2) is 10.5 Å². The van der Waals surface area contributed by atoms with Gasteiger partial charge in [-0.3, -0.25) is 14.9 Å². The molecule has 200 valence electrons. The lowest BCUT2D eigenvalue weighted by atomic mass is 9.96. The molecule has 5 rings (SSSR count). The van der Waals surface area contributed by atoms with Crippen LogP contribution >= 0.6 is 11.3 Å². The summed E-state index contributed by atoms with van der Waals surface area (Å²) in [6.45, 7) is 5.56. The minimum Gasteiger partial charge on any atom is -0.493 e. The van der Waals surface area contributed by atoms with Crippen molar-refractivity contribution in [2.75, 3.05) is 39.2 Å². The number of hydrogen-bond acceptors (Lipinski definition) is 9. The summed E-state index contributed by atoms with van der Waals surface area (Å²) in [4.78, 5) is 20.5. The number of nitrogens with zero attached hydrogens (tertiary/aromatic N) is 2. The van der Waals surface area contributed by atoms with Crippen molar-refractivity contribution >= 4 is 33.8 Å². The predicted octanol–water partition coefficient (Wildman–Crippen LogP) is 5.33. The van der Waals surface area contributed by atoms with E-state index in [0.717, 1.165) is 77.7 Å². The molecular weight excluding hydrogens is 504 g/mol. The van der Waals surface area contributed by atoms with Crippen LogP contribution in [0.25, 0.3) is 22.4 Å². The first-order valence-corrected chi connectivity index (χ1v) is 13.4. The number of aryl methyl sites for hydroxylation is 1. The Labute approximate surface area is 225 Å². The molecular formula is C28H32N4O5S. The molecule has 0 bridgehead atoms. The van der Waals surface area contributed by atoms with Gasteiger partial charge in [-0.15, -0.1) is 11.3 Å². The van der Waals surface area contributed by atoms with Gasteiger partial charge in [0.25, 0.3) is 5.91 Å². The summed E-state index contributed by atoms with van der Waals surface area (Å²) < 4.78 is 16.9. The number of piperidine rings is 1. The van der Waals surface area contributed by atoms with Crippen LogP contribution in [0, 0.1) is 12.8 Å². The zero-order valence-corrected chi connectivity index (χ0v) is 22.6. The first kappa shape index (κ1) is 26.0. The van der Waals surface area contributed by atoms with E-state index >= 15 is 0 Å².